The lowest BCUT2D eigenvalue weighted by molar-refractivity contribution is -0.122. The molecule has 5 heteroatoms. The maximum Gasteiger partial charge on any atom is 0.220 e. The lowest BCUT2D eigenvalue weighted by Gasteiger charge is -2.28. The minimum Gasteiger partial charge on any atom is -0.352 e. The molecule has 5 nitrogen and oxygen atoms in total. The predicted octanol–water partition coefficient (Wildman–Crippen LogP) is 2.47. The number of hydrogen-bond donors (Lipinski definition) is 2. The lowest BCUT2D eigenvalue weighted by Crippen LogP contribution is -2.39. The first-order chi connectivity index (χ1) is 12.2. The van der Waals surface area contributed by atoms with Crippen LogP contribution in [-0.2, 0) is 17.9 Å². The third kappa shape index (κ3) is 4.28. The fraction of sp³-hybridized carbons (Fsp3) is 0.500. The first-order valence-corrected chi connectivity index (χ1v) is 9.31. The molecule has 132 valence electrons. The van der Waals surface area contributed by atoms with Gasteiger partial charge in [-0.15, -0.1) is 0 Å². The van der Waals surface area contributed by atoms with Crippen molar-refractivity contribution >= 4 is 5.91 Å². The second-order valence-electron chi connectivity index (χ2n) is 7.51. The van der Waals surface area contributed by atoms with Crippen molar-refractivity contribution in [1.82, 2.24) is 20.2 Å². The van der Waals surface area contributed by atoms with Crippen LogP contribution in [0.15, 0.2) is 43.0 Å². The molecule has 0 spiro atoms. The molecule has 1 amide bonds. The number of aromatic nitrogens is 2. The van der Waals surface area contributed by atoms with Gasteiger partial charge in [0.25, 0.3) is 0 Å². The summed E-state index contributed by atoms with van der Waals surface area (Å²) in [6, 6.07) is 9.73. The zero-order valence-electron chi connectivity index (χ0n) is 14.5. The summed E-state index contributed by atoms with van der Waals surface area (Å²) in [6.07, 6.45) is 11.1. The van der Waals surface area contributed by atoms with Crippen molar-refractivity contribution in [3.05, 3.63) is 54.1 Å². The number of fused-ring (bicyclic) bond motifs is 2. The molecule has 2 N–H and O–H groups in total. The molecule has 0 saturated carbocycles. The van der Waals surface area contributed by atoms with Crippen LogP contribution in [0.3, 0.4) is 0 Å². The number of benzene rings is 1. The Morgan fingerprint density at radius 1 is 1.16 bits per heavy atom. The highest BCUT2D eigenvalue weighted by Gasteiger charge is 2.34. The van der Waals surface area contributed by atoms with Crippen molar-refractivity contribution in [1.29, 1.82) is 0 Å². The Hall–Kier alpha value is -2.14. The average molecular weight is 338 g/mol. The fourth-order valence-corrected chi connectivity index (χ4v) is 4.23. The Bertz CT molecular complexity index is 683. The highest BCUT2D eigenvalue weighted by atomic mass is 16.1. The normalized spacial score (nSPS) is 25.0. The molecule has 2 aromatic rings. The average Bonchev–Trinajstić information content (AvgIpc) is 3.24. The predicted molar refractivity (Wildman–Crippen MR) is 96.9 cm³/mol. The van der Waals surface area contributed by atoms with E-state index in [4.69, 9.17) is 0 Å². The van der Waals surface area contributed by atoms with E-state index in [0.717, 1.165) is 24.9 Å². The summed E-state index contributed by atoms with van der Waals surface area (Å²) in [5.74, 6) is 0.741. The van der Waals surface area contributed by atoms with Crippen LogP contribution in [0.5, 0.6) is 0 Å². The van der Waals surface area contributed by atoms with E-state index >= 15 is 0 Å². The van der Waals surface area contributed by atoms with Crippen molar-refractivity contribution in [2.24, 2.45) is 5.92 Å². The Morgan fingerprint density at radius 2 is 1.88 bits per heavy atom. The number of nitrogens with one attached hydrogen (secondary N) is 2. The molecule has 3 heterocycles. The van der Waals surface area contributed by atoms with Gasteiger partial charge in [-0.25, -0.2) is 4.98 Å². The zero-order valence-corrected chi connectivity index (χ0v) is 14.5. The largest absolute Gasteiger partial charge is 0.352 e. The molecule has 2 unspecified atom stereocenters. The molecule has 0 aliphatic carbocycles. The lowest BCUT2D eigenvalue weighted by atomic mass is 9.89. The van der Waals surface area contributed by atoms with E-state index in [1.165, 1.54) is 18.4 Å². The van der Waals surface area contributed by atoms with E-state index in [2.05, 4.69) is 39.9 Å². The summed E-state index contributed by atoms with van der Waals surface area (Å²) in [5.41, 5.74) is 2.38. The van der Waals surface area contributed by atoms with Crippen LogP contribution in [-0.4, -0.2) is 27.5 Å². The van der Waals surface area contributed by atoms with Crippen LogP contribution < -0.4 is 10.6 Å². The number of piperidine rings is 1. The highest BCUT2D eigenvalue weighted by Crippen LogP contribution is 2.32. The van der Waals surface area contributed by atoms with E-state index in [0.29, 0.717) is 31.0 Å². The van der Waals surface area contributed by atoms with Crippen molar-refractivity contribution in [2.75, 3.05) is 0 Å². The molecule has 2 atom stereocenters. The van der Waals surface area contributed by atoms with Gasteiger partial charge in [0.1, 0.15) is 0 Å². The summed E-state index contributed by atoms with van der Waals surface area (Å²) in [4.78, 5) is 16.3. The van der Waals surface area contributed by atoms with Crippen LogP contribution in [0.4, 0.5) is 0 Å². The van der Waals surface area contributed by atoms with Crippen molar-refractivity contribution < 1.29 is 4.79 Å². The van der Waals surface area contributed by atoms with Crippen LogP contribution >= 0.6 is 0 Å². The molecule has 2 bridgehead atoms. The molecular formula is C20H26N4O. The van der Waals surface area contributed by atoms with Gasteiger partial charge in [-0.3, -0.25) is 4.79 Å². The fourth-order valence-electron chi connectivity index (χ4n) is 4.23. The number of imidazole rings is 1. The molecule has 2 saturated heterocycles. The van der Waals surface area contributed by atoms with Gasteiger partial charge < -0.3 is 15.2 Å². The monoisotopic (exact) mass is 338 g/mol. The van der Waals surface area contributed by atoms with E-state index in [1.807, 2.05) is 17.1 Å². The van der Waals surface area contributed by atoms with Crippen molar-refractivity contribution in [3.8, 4) is 0 Å². The molecule has 25 heavy (non-hydrogen) atoms. The van der Waals surface area contributed by atoms with Crippen LogP contribution in [0.1, 0.15) is 43.2 Å². The minimum atomic E-state index is 0.189. The van der Waals surface area contributed by atoms with Crippen LogP contribution in [0.25, 0.3) is 0 Å². The molecule has 2 aliphatic heterocycles. The quantitative estimate of drug-likeness (QED) is 0.851. The number of nitrogens with zero attached hydrogens (tertiary/aromatic N) is 2. The van der Waals surface area contributed by atoms with E-state index in [1.54, 1.807) is 6.20 Å². The first-order valence-electron chi connectivity index (χ1n) is 9.31. The van der Waals surface area contributed by atoms with Crippen LogP contribution in [0.2, 0.25) is 0 Å². The maximum atomic E-state index is 12.3. The second kappa shape index (κ2) is 7.40. The number of carbonyl (C=O) groups is 1. The summed E-state index contributed by atoms with van der Waals surface area (Å²) in [6.45, 7) is 1.44. The topological polar surface area (TPSA) is 59.0 Å². The number of hydrogen-bond acceptors (Lipinski definition) is 3. The second-order valence-corrected chi connectivity index (χ2v) is 7.51. The van der Waals surface area contributed by atoms with Gasteiger partial charge in [0, 0.05) is 44.0 Å². The number of carbonyl (C=O) groups excluding carboxylic acids is 1. The molecule has 0 radical (unpaired) electrons. The maximum absolute atomic E-state index is 12.3. The van der Waals surface area contributed by atoms with Crippen LogP contribution in [0, 0.1) is 5.92 Å². The minimum absolute atomic E-state index is 0.189. The van der Waals surface area contributed by atoms with Gasteiger partial charge in [-0.1, -0.05) is 24.3 Å². The molecule has 2 aliphatic rings. The summed E-state index contributed by atoms with van der Waals surface area (Å²) in [7, 11) is 0. The van der Waals surface area contributed by atoms with E-state index in [-0.39, 0.29) is 5.91 Å². The molecule has 1 aromatic heterocycles. The molecular weight excluding hydrogens is 312 g/mol. The molecule has 2 fully saturated rings. The van der Waals surface area contributed by atoms with Gasteiger partial charge >= 0.3 is 0 Å². The van der Waals surface area contributed by atoms with Gasteiger partial charge in [0.2, 0.25) is 5.91 Å². The van der Waals surface area contributed by atoms with Crippen molar-refractivity contribution in [2.45, 2.75) is 57.3 Å². The SMILES string of the molecule is O=C(CC1CC2CCC(C1)N2)NCc1ccc(Cn2ccnc2)cc1. The first kappa shape index (κ1) is 16.3. The Morgan fingerprint density at radius 3 is 2.56 bits per heavy atom. The number of rotatable bonds is 6. The molecule has 4 rings (SSSR count). The molecule has 1 aromatic carbocycles. The van der Waals surface area contributed by atoms with Gasteiger partial charge in [-0.2, -0.15) is 0 Å². The third-order valence-electron chi connectivity index (χ3n) is 5.48. The Balaban J connectivity index is 1.23. The van der Waals surface area contributed by atoms with E-state index in [9.17, 15) is 4.79 Å². The highest BCUT2D eigenvalue weighted by molar-refractivity contribution is 5.76. The third-order valence-corrected chi connectivity index (χ3v) is 5.48. The summed E-state index contributed by atoms with van der Waals surface area (Å²) >= 11 is 0. The summed E-state index contributed by atoms with van der Waals surface area (Å²) < 4.78 is 2.04. The standard InChI is InChI=1S/C20H26N4O/c25-20(11-17-9-18-5-6-19(10-17)23-18)22-12-15-1-3-16(4-2-15)13-24-8-7-21-14-24/h1-4,7-8,14,17-19,23H,5-6,9-13H2,(H,22,25). The van der Waals surface area contributed by atoms with Crippen molar-refractivity contribution in [3.63, 3.8) is 0 Å². The van der Waals surface area contributed by atoms with E-state index < -0.39 is 0 Å². The zero-order chi connectivity index (χ0) is 17.1. The Labute approximate surface area is 148 Å². The van der Waals surface area contributed by atoms with Gasteiger partial charge in [0.15, 0.2) is 0 Å². The smallest absolute Gasteiger partial charge is 0.220 e. The van der Waals surface area contributed by atoms with Gasteiger partial charge in [0.05, 0.1) is 6.33 Å². The number of amides is 1. The van der Waals surface area contributed by atoms with Gasteiger partial charge in [-0.05, 0) is 42.7 Å². The Kier molecular flexibility index (Phi) is 4.83. The summed E-state index contributed by atoms with van der Waals surface area (Å²) in [5, 5.41) is 6.72.